The minimum Gasteiger partial charge on any atom is -0.491 e. The smallest absolute Gasteiger partial charge is 0.115 e. The van der Waals surface area contributed by atoms with E-state index in [1.165, 1.54) is 0 Å². The summed E-state index contributed by atoms with van der Waals surface area (Å²) in [6.07, 6.45) is 6.79. The molecule has 0 radical (unpaired) electrons. The van der Waals surface area contributed by atoms with Crippen molar-refractivity contribution < 1.29 is 19.3 Å². The SMILES string of the molecule is CC(C)NCC(O)COC1=CCC(COCCOC(C)C)C=C1. The van der Waals surface area contributed by atoms with Crippen molar-refractivity contribution in [2.75, 3.05) is 33.0 Å². The van der Waals surface area contributed by atoms with Crippen LogP contribution in [0.3, 0.4) is 0 Å². The number of aliphatic hydroxyl groups excluding tert-OH is 1. The molecule has 23 heavy (non-hydrogen) atoms. The molecule has 0 aliphatic heterocycles. The van der Waals surface area contributed by atoms with E-state index in [2.05, 4.69) is 31.3 Å². The molecule has 0 spiro atoms. The summed E-state index contributed by atoms with van der Waals surface area (Å²) >= 11 is 0. The fraction of sp³-hybridized carbons (Fsp3) is 0.778. The minimum absolute atomic E-state index is 0.252. The third-order valence-electron chi connectivity index (χ3n) is 3.37. The highest BCUT2D eigenvalue weighted by atomic mass is 16.5. The average Bonchev–Trinajstić information content (AvgIpc) is 2.51. The van der Waals surface area contributed by atoms with E-state index < -0.39 is 6.10 Å². The van der Waals surface area contributed by atoms with Crippen LogP contribution in [0.2, 0.25) is 0 Å². The molecular weight excluding hydrogens is 294 g/mol. The summed E-state index contributed by atoms with van der Waals surface area (Å²) in [5, 5.41) is 13.0. The van der Waals surface area contributed by atoms with Crippen molar-refractivity contribution >= 4 is 0 Å². The Bertz CT molecular complexity index is 366. The van der Waals surface area contributed by atoms with Crippen molar-refractivity contribution in [1.82, 2.24) is 5.32 Å². The molecule has 0 saturated heterocycles. The Morgan fingerprint density at radius 2 is 2.04 bits per heavy atom. The van der Waals surface area contributed by atoms with Gasteiger partial charge in [0, 0.05) is 18.5 Å². The van der Waals surface area contributed by atoms with Gasteiger partial charge in [-0.2, -0.15) is 0 Å². The van der Waals surface area contributed by atoms with Crippen LogP contribution in [0.1, 0.15) is 34.1 Å². The molecule has 0 aromatic heterocycles. The minimum atomic E-state index is -0.492. The van der Waals surface area contributed by atoms with Crippen LogP contribution in [0, 0.1) is 5.92 Å². The topological polar surface area (TPSA) is 60.0 Å². The average molecular weight is 327 g/mol. The second kappa shape index (κ2) is 11.6. The lowest BCUT2D eigenvalue weighted by atomic mass is 10.0. The van der Waals surface area contributed by atoms with E-state index in [0.717, 1.165) is 12.2 Å². The second-order valence-corrected chi connectivity index (χ2v) is 6.48. The van der Waals surface area contributed by atoms with Crippen LogP contribution in [0.15, 0.2) is 24.0 Å². The standard InChI is InChI=1S/C18H33NO4/c1-14(2)19-11-17(20)13-23-18-7-5-16(6-8-18)12-21-9-10-22-15(3)4/h5,7-8,14-17,19-20H,6,9-13H2,1-4H3. The van der Waals surface area contributed by atoms with E-state index in [-0.39, 0.29) is 6.10 Å². The van der Waals surface area contributed by atoms with Gasteiger partial charge in [-0.15, -0.1) is 0 Å². The van der Waals surface area contributed by atoms with Gasteiger partial charge in [-0.25, -0.2) is 0 Å². The van der Waals surface area contributed by atoms with Gasteiger partial charge in [0.25, 0.3) is 0 Å². The fourth-order valence-corrected chi connectivity index (χ4v) is 2.08. The highest BCUT2D eigenvalue weighted by molar-refractivity contribution is 5.18. The summed E-state index contributed by atoms with van der Waals surface area (Å²) in [6.45, 7) is 11.0. The first-order valence-electron chi connectivity index (χ1n) is 8.59. The maximum atomic E-state index is 9.82. The molecule has 0 aromatic carbocycles. The molecule has 0 saturated carbocycles. The molecule has 134 valence electrons. The number of rotatable bonds is 12. The van der Waals surface area contributed by atoms with Gasteiger partial charge in [0.05, 0.1) is 25.9 Å². The number of allylic oxidation sites excluding steroid dienone is 2. The van der Waals surface area contributed by atoms with Crippen LogP contribution < -0.4 is 5.32 Å². The van der Waals surface area contributed by atoms with E-state index in [9.17, 15) is 5.11 Å². The third kappa shape index (κ3) is 10.5. The molecule has 0 aromatic rings. The van der Waals surface area contributed by atoms with E-state index in [1.807, 2.05) is 19.9 Å². The largest absolute Gasteiger partial charge is 0.491 e. The maximum Gasteiger partial charge on any atom is 0.115 e. The summed E-state index contributed by atoms with van der Waals surface area (Å²) in [7, 11) is 0. The highest BCUT2D eigenvalue weighted by Gasteiger charge is 2.11. The Morgan fingerprint density at radius 3 is 2.65 bits per heavy atom. The van der Waals surface area contributed by atoms with Crippen LogP contribution in [0.25, 0.3) is 0 Å². The summed E-state index contributed by atoms with van der Waals surface area (Å²) in [5.74, 6) is 1.21. The predicted molar refractivity (Wildman–Crippen MR) is 92.3 cm³/mol. The normalized spacial score (nSPS) is 19.3. The molecule has 2 unspecified atom stereocenters. The molecule has 1 aliphatic carbocycles. The van der Waals surface area contributed by atoms with Crippen LogP contribution >= 0.6 is 0 Å². The van der Waals surface area contributed by atoms with Crippen LogP contribution in [0.5, 0.6) is 0 Å². The van der Waals surface area contributed by atoms with Crippen LogP contribution in [-0.4, -0.2) is 56.3 Å². The van der Waals surface area contributed by atoms with Gasteiger partial charge in [-0.05, 0) is 32.4 Å². The molecule has 0 bridgehead atoms. The number of aliphatic hydroxyl groups is 1. The van der Waals surface area contributed by atoms with Gasteiger partial charge in [0.15, 0.2) is 0 Å². The number of ether oxygens (including phenoxy) is 3. The van der Waals surface area contributed by atoms with Crippen molar-refractivity contribution in [1.29, 1.82) is 0 Å². The quantitative estimate of drug-likeness (QED) is 0.539. The number of nitrogens with one attached hydrogen (secondary N) is 1. The van der Waals surface area contributed by atoms with Crippen molar-refractivity contribution in [2.24, 2.45) is 5.92 Å². The van der Waals surface area contributed by atoms with E-state index in [0.29, 0.717) is 44.9 Å². The van der Waals surface area contributed by atoms with Gasteiger partial charge in [-0.1, -0.05) is 19.9 Å². The summed E-state index contributed by atoms with van der Waals surface area (Å²) in [5.41, 5.74) is 0. The molecule has 1 aliphatic rings. The van der Waals surface area contributed by atoms with Crippen molar-refractivity contribution in [3.8, 4) is 0 Å². The first kappa shape index (κ1) is 20.2. The highest BCUT2D eigenvalue weighted by Crippen LogP contribution is 2.17. The monoisotopic (exact) mass is 327 g/mol. The lowest BCUT2D eigenvalue weighted by Crippen LogP contribution is -2.34. The molecule has 5 heteroatoms. The second-order valence-electron chi connectivity index (χ2n) is 6.48. The Hall–Kier alpha value is -0.880. The first-order valence-corrected chi connectivity index (χ1v) is 8.59. The molecule has 1 rings (SSSR count). The Labute approximate surface area is 140 Å². The molecule has 5 nitrogen and oxygen atoms in total. The zero-order valence-corrected chi connectivity index (χ0v) is 15.0. The van der Waals surface area contributed by atoms with Crippen LogP contribution in [-0.2, 0) is 14.2 Å². The summed E-state index contributed by atoms with van der Waals surface area (Å²) < 4.78 is 16.7. The molecule has 0 amide bonds. The molecular formula is C18H33NO4. The van der Waals surface area contributed by atoms with E-state index >= 15 is 0 Å². The molecule has 0 fully saturated rings. The van der Waals surface area contributed by atoms with E-state index in [4.69, 9.17) is 14.2 Å². The van der Waals surface area contributed by atoms with Crippen molar-refractivity contribution in [3.63, 3.8) is 0 Å². The summed E-state index contributed by atoms with van der Waals surface area (Å²) in [4.78, 5) is 0. The summed E-state index contributed by atoms with van der Waals surface area (Å²) in [6, 6.07) is 0.366. The Kier molecular flexibility index (Phi) is 10.2. The van der Waals surface area contributed by atoms with Gasteiger partial charge >= 0.3 is 0 Å². The lowest BCUT2D eigenvalue weighted by molar-refractivity contribution is 0.0134. The van der Waals surface area contributed by atoms with Gasteiger partial charge in [0.1, 0.15) is 18.5 Å². The number of hydrogen-bond acceptors (Lipinski definition) is 5. The maximum absolute atomic E-state index is 9.82. The van der Waals surface area contributed by atoms with Crippen LogP contribution in [0.4, 0.5) is 0 Å². The Balaban J connectivity index is 2.10. The van der Waals surface area contributed by atoms with Crippen molar-refractivity contribution in [3.05, 3.63) is 24.0 Å². The number of hydrogen-bond donors (Lipinski definition) is 2. The first-order chi connectivity index (χ1) is 11.0. The predicted octanol–water partition coefficient (Wildman–Crippen LogP) is 2.26. The zero-order valence-electron chi connectivity index (χ0n) is 15.0. The van der Waals surface area contributed by atoms with Crippen molar-refractivity contribution in [2.45, 2.75) is 52.4 Å². The lowest BCUT2D eigenvalue weighted by Gasteiger charge is -2.19. The van der Waals surface area contributed by atoms with E-state index in [1.54, 1.807) is 0 Å². The Morgan fingerprint density at radius 1 is 1.26 bits per heavy atom. The van der Waals surface area contributed by atoms with Gasteiger partial charge < -0.3 is 24.6 Å². The zero-order chi connectivity index (χ0) is 17.1. The van der Waals surface area contributed by atoms with Gasteiger partial charge in [0.2, 0.25) is 0 Å². The van der Waals surface area contributed by atoms with Gasteiger partial charge in [-0.3, -0.25) is 0 Å². The molecule has 2 atom stereocenters. The molecule has 0 heterocycles. The fourth-order valence-electron chi connectivity index (χ4n) is 2.08. The molecule has 2 N–H and O–H groups in total. The third-order valence-corrected chi connectivity index (χ3v) is 3.37.